The van der Waals surface area contributed by atoms with E-state index in [0.717, 1.165) is 31.0 Å². The lowest BCUT2D eigenvalue weighted by molar-refractivity contribution is -0.115. The van der Waals surface area contributed by atoms with Crippen molar-refractivity contribution in [1.29, 1.82) is 5.26 Å². The molecular weight excluding hydrogens is 322 g/mol. The summed E-state index contributed by atoms with van der Waals surface area (Å²) in [4.78, 5) is 12.4. The molecule has 1 heterocycles. The Morgan fingerprint density at radius 1 is 1.42 bits per heavy atom. The Labute approximate surface area is 146 Å². The van der Waals surface area contributed by atoms with Crippen molar-refractivity contribution in [1.82, 2.24) is 14.8 Å². The summed E-state index contributed by atoms with van der Waals surface area (Å²) in [5.74, 6) is -0.161. The van der Waals surface area contributed by atoms with Crippen molar-refractivity contribution in [3.63, 3.8) is 0 Å². The molecule has 0 aliphatic heterocycles. The highest BCUT2D eigenvalue weighted by Gasteiger charge is 2.18. The van der Waals surface area contributed by atoms with Crippen LogP contribution in [-0.4, -0.2) is 25.9 Å². The van der Waals surface area contributed by atoms with E-state index in [1.54, 1.807) is 30.6 Å². The van der Waals surface area contributed by atoms with Gasteiger partial charge >= 0.3 is 0 Å². The zero-order valence-corrected chi connectivity index (χ0v) is 14.7. The van der Waals surface area contributed by atoms with Gasteiger partial charge in [0, 0.05) is 6.54 Å². The molecule has 2 rings (SSSR count). The van der Waals surface area contributed by atoms with Crippen LogP contribution in [0.2, 0.25) is 0 Å². The fraction of sp³-hybridized carbons (Fsp3) is 0.412. The monoisotopic (exact) mass is 343 g/mol. The van der Waals surface area contributed by atoms with E-state index < -0.39 is 0 Å². The molecule has 6 nitrogen and oxygen atoms in total. The number of unbranched alkanes of at least 4 members (excludes halogenated alkanes) is 2. The van der Waals surface area contributed by atoms with Crippen LogP contribution in [0, 0.1) is 11.3 Å². The first kappa shape index (κ1) is 18.0. The number of para-hydroxylation sites is 1. The summed E-state index contributed by atoms with van der Waals surface area (Å²) in [5.41, 5.74) is 0.979. The highest BCUT2D eigenvalue weighted by molar-refractivity contribution is 8.00. The second kappa shape index (κ2) is 9.08. The summed E-state index contributed by atoms with van der Waals surface area (Å²) in [6.45, 7) is 4.84. The number of carbonyl (C=O) groups excluding carboxylic acids is 1. The van der Waals surface area contributed by atoms with E-state index in [2.05, 4.69) is 28.5 Å². The van der Waals surface area contributed by atoms with Gasteiger partial charge in [-0.15, -0.1) is 10.2 Å². The summed E-state index contributed by atoms with van der Waals surface area (Å²) >= 11 is 1.37. The quantitative estimate of drug-likeness (QED) is 0.586. The van der Waals surface area contributed by atoms with Gasteiger partial charge in [0.2, 0.25) is 5.91 Å². The van der Waals surface area contributed by atoms with Crippen molar-refractivity contribution < 1.29 is 4.79 Å². The van der Waals surface area contributed by atoms with Gasteiger partial charge in [-0.25, -0.2) is 0 Å². The van der Waals surface area contributed by atoms with Crippen LogP contribution in [0.15, 0.2) is 35.7 Å². The number of thioether (sulfide) groups is 1. The smallest absolute Gasteiger partial charge is 0.237 e. The van der Waals surface area contributed by atoms with Crippen molar-refractivity contribution in [2.24, 2.45) is 0 Å². The van der Waals surface area contributed by atoms with Crippen LogP contribution in [0.25, 0.3) is 0 Å². The van der Waals surface area contributed by atoms with Crippen LogP contribution in [0.3, 0.4) is 0 Å². The predicted octanol–water partition coefficient (Wildman–Crippen LogP) is 3.46. The van der Waals surface area contributed by atoms with Gasteiger partial charge in [0.1, 0.15) is 12.4 Å². The zero-order valence-electron chi connectivity index (χ0n) is 13.9. The van der Waals surface area contributed by atoms with E-state index in [0.29, 0.717) is 11.3 Å². The summed E-state index contributed by atoms with van der Waals surface area (Å²) in [6.07, 6.45) is 5.08. The number of carbonyl (C=O) groups is 1. The molecule has 0 saturated heterocycles. The molecule has 1 aromatic carbocycles. The third-order valence-corrected chi connectivity index (χ3v) is 4.63. The number of aromatic nitrogens is 3. The molecule has 1 amide bonds. The van der Waals surface area contributed by atoms with Crippen molar-refractivity contribution >= 4 is 23.4 Å². The number of nitriles is 1. The number of anilines is 1. The molecule has 2 aromatic rings. The maximum absolute atomic E-state index is 12.4. The van der Waals surface area contributed by atoms with Gasteiger partial charge in [0.05, 0.1) is 16.5 Å². The van der Waals surface area contributed by atoms with E-state index >= 15 is 0 Å². The first-order valence-electron chi connectivity index (χ1n) is 8.00. The molecule has 1 N–H and O–H groups in total. The Kier molecular flexibility index (Phi) is 6.82. The number of nitrogens with one attached hydrogen (secondary N) is 1. The normalized spacial score (nSPS) is 11.7. The molecular formula is C17H21N5OS. The second-order valence-electron chi connectivity index (χ2n) is 5.42. The minimum absolute atomic E-state index is 0.161. The van der Waals surface area contributed by atoms with Gasteiger partial charge in [0.15, 0.2) is 5.16 Å². The van der Waals surface area contributed by atoms with Crippen LogP contribution in [0.4, 0.5) is 5.69 Å². The van der Waals surface area contributed by atoms with Gasteiger partial charge in [-0.1, -0.05) is 43.7 Å². The van der Waals surface area contributed by atoms with Crippen LogP contribution >= 0.6 is 11.8 Å². The molecule has 0 saturated carbocycles. The maximum Gasteiger partial charge on any atom is 0.237 e. The van der Waals surface area contributed by atoms with Crippen LogP contribution < -0.4 is 5.32 Å². The van der Waals surface area contributed by atoms with E-state index in [1.807, 2.05) is 11.5 Å². The molecule has 0 radical (unpaired) electrons. The van der Waals surface area contributed by atoms with Crippen LogP contribution in [0.5, 0.6) is 0 Å². The van der Waals surface area contributed by atoms with Crippen molar-refractivity contribution in [3.05, 3.63) is 36.2 Å². The molecule has 1 atom stereocenters. The summed E-state index contributed by atoms with van der Waals surface area (Å²) in [7, 11) is 0. The van der Waals surface area contributed by atoms with Crippen LogP contribution in [-0.2, 0) is 11.3 Å². The molecule has 7 heteroatoms. The molecule has 126 valence electrons. The largest absolute Gasteiger partial charge is 0.324 e. The molecule has 0 unspecified atom stereocenters. The number of hydrogen-bond acceptors (Lipinski definition) is 5. The van der Waals surface area contributed by atoms with Gasteiger partial charge in [-0.3, -0.25) is 4.79 Å². The van der Waals surface area contributed by atoms with Crippen LogP contribution in [0.1, 0.15) is 38.7 Å². The van der Waals surface area contributed by atoms with Gasteiger partial charge in [0.25, 0.3) is 0 Å². The predicted molar refractivity (Wildman–Crippen MR) is 94.7 cm³/mol. The van der Waals surface area contributed by atoms with Crippen molar-refractivity contribution in [3.8, 4) is 6.07 Å². The van der Waals surface area contributed by atoms with E-state index in [1.165, 1.54) is 11.8 Å². The zero-order chi connectivity index (χ0) is 17.4. The Balaban J connectivity index is 1.97. The average molecular weight is 343 g/mol. The Morgan fingerprint density at radius 3 is 2.96 bits per heavy atom. The lowest BCUT2D eigenvalue weighted by Crippen LogP contribution is -2.23. The summed E-state index contributed by atoms with van der Waals surface area (Å²) in [6, 6.07) is 9.04. The standard InChI is InChI=1S/C17H21N5OS/c1-3-4-7-10-22-12-19-21-17(22)24-13(2)16(23)20-15-9-6-5-8-14(15)11-18/h5-6,8-9,12-13H,3-4,7,10H2,1-2H3,(H,20,23)/t13-/m0/s1. The summed E-state index contributed by atoms with van der Waals surface area (Å²) < 4.78 is 1.98. The number of aryl methyl sites for hydroxylation is 1. The average Bonchev–Trinajstić information content (AvgIpc) is 3.02. The topological polar surface area (TPSA) is 83.6 Å². The van der Waals surface area contributed by atoms with Crippen molar-refractivity contribution in [2.75, 3.05) is 5.32 Å². The number of amides is 1. The van der Waals surface area contributed by atoms with Gasteiger partial charge in [-0.05, 0) is 25.5 Å². The maximum atomic E-state index is 12.4. The molecule has 0 fully saturated rings. The fourth-order valence-electron chi connectivity index (χ4n) is 2.16. The van der Waals surface area contributed by atoms with E-state index in [4.69, 9.17) is 5.26 Å². The Morgan fingerprint density at radius 2 is 2.21 bits per heavy atom. The summed E-state index contributed by atoms with van der Waals surface area (Å²) in [5, 5.41) is 20.3. The lowest BCUT2D eigenvalue weighted by atomic mass is 10.2. The highest BCUT2D eigenvalue weighted by atomic mass is 32.2. The van der Waals surface area contributed by atoms with Gasteiger partial charge < -0.3 is 9.88 Å². The minimum atomic E-state index is -0.342. The Bertz CT molecular complexity index is 722. The molecule has 24 heavy (non-hydrogen) atoms. The molecule has 0 aliphatic carbocycles. The molecule has 1 aromatic heterocycles. The first-order chi connectivity index (χ1) is 11.7. The second-order valence-corrected chi connectivity index (χ2v) is 6.73. The van der Waals surface area contributed by atoms with Gasteiger partial charge in [-0.2, -0.15) is 5.26 Å². The number of hydrogen-bond donors (Lipinski definition) is 1. The fourth-order valence-corrected chi connectivity index (χ4v) is 3.01. The van der Waals surface area contributed by atoms with E-state index in [9.17, 15) is 4.79 Å². The van der Waals surface area contributed by atoms with E-state index in [-0.39, 0.29) is 11.2 Å². The first-order valence-corrected chi connectivity index (χ1v) is 8.88. The highest BCUT2D eigenvalue weighted by Crippen LogP contribution is 2.23. The lowest BCUT2D eigenvalue weighted by Gasteiger charge is -2.13. The minimum Gasteiger partial charge on any atom is -0.324 e. The molecule has 0 aliphatic rings. The molecule has 0 spiro atoms. The number of nitrogens with zero attached hydrogens (tertiary/aromatic N) is 4. The SMILES string of the molecule is CCCCCn1cnnc1S[C@@H](C)C(=O)Nc1ccccc1C#N. The number of benzene rings is 1. The molecule has 0 bridgehead atoms. The Hall–Kier alpha value is -2.33. The third-order valence-electron chi connectivity index (χ3n) is 3.54. The third kappa shape index (κ3) is 4.83. The number of rotatable bonds is 8. The van der Waals surface area contributed by atoms with Crippen molar-refractivity contribution in [2.45, 2.75) is 50.1 Å².